The summed E-state index contributed by atoms with van der Waals surface area (Å²) in [7, 11) is 3.47. The first-order chi connectivity index (χ1) is 12.1. The predicted molar refractivity (Wildman–Crippen MR) is 121 cm³/mol. The number of amides is 1. The van der Waals surface area contributed by atoms with Crippen molar-refractivity contribution in [3.63, 3.8) is 0 Å². The lowest BCUT2D eigenvalue weighted by atomic mass is 9.95. The molecule has 1 heterocycles. The van der Waals surface area contributed by atoms with Gasteiger partial charge in [-0.2, -0.15) is 0 Å². The number of carbonyl (C=O) groups is 1. The summed E-state index contributed by atoms with van der Waals surface area (Å²) in [4.78, 5) is 18.3. The molecule has 1 aliphatic heterocycles. The summed E-state index contributed by atoms with van der Waals surface area (Å²) in [6, 6.07) is 0. The standard InChI is InChI=1S/C19H38N4O3.HI/c1-18(2,3)26-17(24)23-12-8-9-15(13-23)10-11-21-16(20-6)22-14-19(4,5)25-7;/h15H,8-14H2,1-7H3,(H2,20,21,22);1H. The molecule has 1 fully saturated rings. The number of aliphatic imine (C=N–C) groups is 1. The smallest absolute Gasteiger partial charge is 0.410 e. The van der Waals surface area contributed by atoms with Gasteiger partial charge in [0.1, 0.15) is 5.60 Å². The Kier molecular flexibility index (Phi) is 11.6. The number of ether oxygens (including phenoxy) is 2. The molecule has 1 unspecified atom stereocenters. The van der Waals surface area contributed by atoms with Crippen molar-refractivity contribution in [3.05, 3.63) is 0 Å². The largest absolute Gasteiger partial charge is 0.444 e. The minimum Gasteiger partial charge on any atom is -0.444 e. The lowest BCUT2D eigenvalue weighted by Crippen LogP contribution is -2.46. The summed E-state index contributed by atoms with van der Waals surface area (Å²) in [5, 5.41) is 6.62. The van der Waals surface area contributed by atoms with Crippen molar-refractivity contribution in [1.82, 2.24) is 15.5 Å². The Hall–Kier alpha value is -0.770. The summed E-state index contributed by atoms with van der Waals surface area (Å²) >= 11 is 0. The Morgan fingerprint density at radius 2 is 1.89 bits per heavy atom. The molecule has 2 N–H and O–H groups in total. The molecule has 0 bridgehead atoms. The van der Waals surface area contributed by atoms with Crippen LogP contribution in [0.3, 0.4) is 0 Å². The van der Waals surface area contributed by atoms with Gasteiger partial charge in [-0.25, -0.2) is 4.79 Å². The van der Waals surface area contributed by atoms with Crippen LogP contribution in [0.4, 0.5) is 4.79 Å². The SMILES string of the molecule is CN=C(NCCC1CCCN(C(=O)OC(C)(C)C)C1)NCC(C)(C)OC.I. The zero-order valence-electron chi connectivity index (χ0n) is 18.1. The molecule has 8 heteroatoms. The van der Waals surface area contributed by atoms with Crippen LogP contribution >= 0.6 is 24.0 Å². The van der Waals surface area contributed by atoms with Crippen molar-refractivity contribution < 1.29 is 14.3 Å². The maximum absolute atomic E-state index is 12.2. The Bertz CT molecular complexity index is 478. The number of nitrogens with one attached hydrogen (secondary N) is 2. The highest BCUT2D eigenvalue weighted by Crippen LogP contribution is 2.21. The van der Waals surface area contributed by atoms with E-state index in [0.717, 1.165) is 44.9 Å². The van der Waals surface area contributed by atoms with E-state index in [0.29, 0.717) is 12.5 Å². The molecule has 7 nitrogen and oxygen atoms in total. The average Bonchev–Trinajstić information content (AvgIpc) is 2.56. The second kappa shape index (κ2) is 11.9. The third-order valence-electron chi connectivity index (χ3n) is 4.47. The van der Waals surface area contributed by atoms with E-state index in [1.54, 1.807) is 14.2 Å². The van der Waals surface area contributed by atoms with E-state index in [4.69, 9.17) is 9.47 Å². The highest BCUT2D eigenvalue weighted by atomic mass is 127. The molecule has 0 aromatic heterocycles. The first-order valence-electron chi connectivity index (χ1n) is 9.54. The van der Waals surface area contributed by atoms with Gasteiger partial charge in [0.05, 0.1) is 5.60 Å². The summed E-state index contributed by atoms with van der Waals surface area (Å²) < 4.78 is 10.9. The second-order valence-electron chi connectivity index (χ2n) is 8.54. The molecule has 1 aliphatic rings. The maximum atomic E-state index is 12.2. The van der Waals surface area contributed by atoms with Gasteiger partial charge in [-0.1, -0.05) is 0 Å². The molecule has 1 saturated heterocycles. The fourth-order valence-corrected chi connectivity index (χ4v) is 2.78. The van der Waals surface area contributed by atoms with Crippen LogP contribution in [0.15, 0.2) is 4.99 Å². The molecule has 27 heavy (non-hydrogen) atoms. The molecule has 0 aromatic rings. The first-order valence-corrected chi connectivity index (χ1v) is 9.54. The normalized spacial score (nSPS) is 18.6. The van der Waals surface area contributed by atoms with Gasteiger partial charge < -0.3 is 25.0 Å². The molecule has 1 amide bonds. The molecule has 1 rings (SSSR count). The zero-order valence-corrected chi connectivity index (χ0v) is 20.4. The van der Waals surface area contributed by atoms with E-state index in [2.05, 4.69) is 15.6 Å². The van der Waals surface area contributed by atoms with E-state index in [9.17, 15) is 4.79 Å². The molecular weight excluding hydrogens is 459 g/mol. The fourth-order valence-electron chi connectivity index (χ4n) is 2.78. The lowest BCUT2D eigenvalue weighted by molar-refractivity contribution is 0.0162. The zero-order chi connectivity index (χ0) is 19.8. The van der Waals surface area contributed by atoms with Crippen LogP contribution in [-0.4, -0.2) is 68.5 Å². The number of methoxy groups -OCH3 is 1. The monoisotopic (exact) mass is 498 g/mol. The number of carbonyl (C=O) groups excluding carboxylic acids is 1. The number of rotatable bonds is 6. The van der Waals surface area contributed by atoms with Crippen LogP contribution in [0.1, 0.15) is 53.9 Å². The third kappa shape index (κ3) is 11.0. The third-order valence-corrected chi connectivity index (χ3v) is 4.47. The molecule has 0 saturated carbocycles. The van der Waals surface area contributed by atoms with Gasteiger partial charge in [-0.3, -0.25) is 4.99 Å². The average molecular weight is 498 g/mol. The highest BCUT2D eigenvalue weighted by Gasteiger charge is 2.27. The van der Waals surface area contributed by atoms with E-state index in [-0.39, 0.29) is 35.7 Å². The molecular formula is C19H39IN4O3. The van der Waals surface area contributed by atoms with Gasteiger partial charge >= 0.3 is 6.09 Å². The molecule has 0 radical (unpaired) electrons. The van der Waals surface area contributed by atoms with Gasteiger partial charge in [-0.05, 0) is 59.8 Å². The Labute approximate surface area is 182 Å². The minimum absolute atomic E-state index is 0. The fraction of sp³-hybridized carbons (Fsp3) is 0.895. The topological polar surface area (TPSA) is 75.2 Å². The van der Waals surface area contributed by atoms with Crippen LogP contribution in [0.25, 0.3) is 0 Å². The summed E-state index contributed by atoms with van der Waals surface area (Å²) in [5.74, 6) is 1.26. The number of guanidine groups is 1. The van der Waals surface area contributed by atoms with Crippen molar-refractivity contribution >= 4 is 36.0 Å². The molecule has 0 spiro atoms. The second-order valence-corrected chi connectivity index (χ2v) is 8.54. The number of hydrogen-bond acceptors (Lipinski definition) is 4. The van der Waals surface area contributed by atoms with Crippen LogP contribution in [0.2, 0.25) is 0 Å². The number of halogens is 1. The first kappa shape index (κ1) is 26.2. The van der Waals surface area contributed by atoms with E-state index >= 15 is 0 Å². The van der Waals surface area contributed by atoms with E-state index < -0.39 is 5.60 Å². The van der Waals surface area contributed by atoms with E-state index in [1.807, 2.05) is 39.5 Å². The van der Waals surface area contributed by atoms with Crippen molar-refractivity contribution in [2.24, 2.45) is 10.9 Å². The van der Waals surface area contributed by atoms with Gasteiger partial charge in [-0.15, -0.1) is 24.0 Å². The maximum Gasteiger partial charge on any atom is 0.410 e. The van der Waals surface area contributed by atoms with Crippen LogP contribution < -0.4 is 10.6 Å². The summed E-state index contributed by atoms with van der Waals surface area (Å²) in [6.07, 6.45) is 2.96. The number of nitrogens with zero attached hydrogens (tertiary/aromatic N) is 2. The van der Waals surface area contributed by atoms with Crippen molar-refractivity contribution in [1.29, 1.82) is 0 Å². The van der Waals surface area contributed by atoms with E-state index in [1.165, 1.54) is 0 Å². The number of hydrogen-bond donors (Lipinski definition) is 2. The predicted octanol–water partition coefficient (Wildman–Crippen LogP) is 3.23. The van der Waals surface area contributed by atoms with Gasteiger partial charge in [0.25, 0.3) is 0 Å². The molecule has 0 aromatic carbocycles. The Morgan fingerprint density at radius 1 is 1.22 bits per heavy atom. The highest BCUT2D eigenvalue weighted by molar-refractivity contribution is 14.0. The van der Waals surface area contributed by atoms with Gasteiger partial charge in [0.15, 0.2) is 5.96 Å². The van der Waals surface area contributed by atoms with Gasteiger partial charge in [0.2, 0.25) is 0 Å². The Morgan fingerprint density at radius 3 is 2.44 bits per heavy atom. The number of piperidine rings is 1. The van der Waals surface area contributed by atoms with Crippen LogP contribution in [0, 0.1) is 5.92 Å². The van der Waals surface area contributed by atoms with Crippen LogP contribution in [-0.2, 0) is 9.47 Å². The van der Waals surface area contributed by atoms with Crippen molar-refractivity contribution in [3.8, 4) is 0 Å². The minimum atomic E-state index is -0.445. The van der Waals surface area contributed by atoms with Gasteiger partial charge in [0, 0.05) is 40.3 Å². The molecule has 1 atom stereocenters. The lowest BCUT2D eigenvalue weighted by Gasteiger charge is -2.34. The summed E-state index contributed by atoms with van der Waals surface area (Å²) in [6.45, 7) is 12.8. The Balaban J connectivity index is 0.00000676. The summed E-state index contributed by atoms with van der Waals surface area (Å²) in [5.41, 5.74) is -0.686. The quantitative estimate of drug-likeness (QED) is 0.334. The van der Waals surface area contributed by atoms with Crippen molar-refractivity contribution in [2.45, 2.75) is 65.1 Å². The molecule has 160 valence electrons. The molecule has 0 aliphatic carbocycles. The van der Waals surface area contributed by atoms with Crippen LogP contribution in [0.5, 0.6) is 0 Å². The number of likely N-dealkylation sites (tertiary alicyclic amines) is 1. The van der Waals surface area contributed by atoms with Crippen molar-refractivity contribution in [2.75, 3.05) is 40.3 Å².